The highest BCUT2D eigenvalue weighted by Gasteiger charge is 2.71. The lowest BCUT2D eigenvalue weighted by Gasteiger charge is -2.59. The Balaban J connectivity index is 3.28. The molecule has 2 N–H and O–H groups in total. The van der Waals surface area contributed by atoms with Crippen LogP contribution in [0.4, 0.5) is 4.79 Å². The van der Waals surface area contributed by atoms with Crippen molar-refractivity contribution in [2.45, 2.75) is 45.2 Å². The lowest BCUT2D eigenvalue weighted by molar-refractivity contribution is -0.980. The van der Waals surface area contributed by atoms with Gasteiger partial charge in [0.05, 0.1) is 13.0 Å². The third-order valence-corrected chi connectivity index (χ3v) is 3.71. The molecular formula is C10H18NO4+. The number of rotatable bonds is 1. The van der Waals surface area contributed by atoms with E-state index in [4.69, 9.17) is 5.11 Å². The van der Waals surface area contributed by atoms with Crippen LogP contribution in [0.25, 0.3) is 0 Å². The Labute approximate surface area is 88.9 Å². The first-order valence-electron chi connectivity index (χ1n) is 4.95. The van der Waals surface area contributed by atoms with Gasteiger partial charge in [0, 0.05) is 6.92 Å². The second kappa shape index (κ2) is 2.95. The quantitative estimate of drug-likeness (QED) is 0.652. The van der Waals surface area contributed by atoms with E-state index in [1.54, 1.807) is 20.8 Å². The molecule has 86 valence electrons. The van der Waals surface area contributed by atoms with Crippen molar-refractivity contribution >= 4 is 12.1 Å². The van der Waals surface area contributed by atoms with Gasteiger partial charge in [0.15, 0.2) is 0 Å². The Kier molecular flexibility index (Phi) is 2.35. The van der Waals surface area contributed by atoms with Crippen LogP contribution in [-0.2, 0) is 4.79 Å². The monoisotopic (exact) mass is 216 g/mol. The van der Waals surface area contributed by atoms with Crippen molar-refractivity contribution in [2.75, 3.05) is 6.54 Å². The molecule has 0 aromatic carbocycles. The van der Waals surface area contributed by atoms with Gasteiger partial charge >= 0.3 is 12.1 Å². The predicted molar refractivity (Wildman–Crippen MR) is 53.6 cm³/mol. The van der Waals surface area contributed by atoms with E-state index in [0.717, 1.165) is 0 Å². The summed E-state index contributed by atoms with van der Waals surface area (Å²) in [5.74, 6) is -1.04. The van der Waals surface area contributed by atoms with Crippen LogP contribution in [0.1, 0.15) is 34.1 Å². The van der Waals surface area contributed by atoms with Gasteiger partial charge in [-0.05, 0) is 20.8 Å². The molecule has 1 saturated heterocycles. The highest BCUT2D eigenvalue weighted by molar-refractivity contribution is 5.80. The molecule has 1 heterocycles. The number of likely N-dealkylation sites (tertiary alicyclic amines) is 1. The number of aliphatic carboxylic acids is 1. The highest BCUT2D eigenvalue weighted by Crippen LogP contribution is 2.46. The fraction of sp³-hybridized carbons (Fsp3) is 0.800. The van der Waals surface area contributed by atoms with Crippen molar-refractivity contribution in [3.05, 3.63) is 0 Å². The summed E-state index contributed by atoms with van der Waals surface area (Å²) in [5, 5.41) is 18.5. The summed E-state index contributed by atoms with van der Waals surface area (Å²) in [6.45, 7) is 7.18. The maximum Gasteiger partial charge on any atom is 0.514 e. The van der Waals surface area contributed by atoms with Crippen molar-refractivity contribution in [1.29, 1.82) is 0 Å². The fourth-order valence-corrected chi connectivity index (χ4v) is 2.61. The first-order chi connectivity index (χ1) is 6.59. The number of carboxylic acid groups (broad SMARTS) is 2. The number of quaternary nitrogens is 1. The third kappa shape index (κ3) is 1.19. The van der Waals surface area contributed by atoms with Gasteiger partial charge in [-0.3, -0.25) is 0 Å². The number of nitrogens with zero attached hydrogens (tertiary/aromatic N) is 1. The summed E-state index contributed by atoms with van der Waals surface area (Å²) in [6.07, 6.45) is -0.648. The average Bonchev–Trinajstić information content (AvgIpc) is 1.97. The molecule has 0 aliphatic carbocycles. The van der Waals surface area contributed by atoms with E-state index in [2.05, 4.69) is 0 Å². The number of hydrogen-bond donors (Lipinski definition) is 2. The number of carbonyl (C=O) groups is 2. The largest absolute Gasteiger partial charge is 0.514 e. The van der Waals surface area contributed by atoms with Crippen molar-refractivity contribution in [2.24, 2.45) is 0 Å². The van der Waals surface area contributed by atoms with Crippen LogP contribution < -0.4 is 0 Å². The van der Waals surface area contributed by atoms with E-state index in [-0.39, 0.29) is 0 Å². The fourth-order valence-electron chi connectivity index (χ4n) is 2.61. The van der Waals surface area contributed by atoms with Crippen molar-refractivity contribution < 1.29 is 24.3 Å². The number of hydrogen-bond acceptors (Lipinski definition) is 2. The third-order valence-electron chi connectivity index (χ3n) is 3.71. The molecule has 1 unspecified atom stereocenters. The number of amides is 1. The van der Waals surface area contributed by atoms with Gasteiger partial charge in [0.1, 0.15) is 5.54 Å². The Morgan fingerprint density at radius 3 is 1.80 bits per heavy atom. The summed E-state index contributed by atoms with van der Waals surface area (Å²) >= 11 is 0. The lowest BCUT2D eigenvalue weighted by atomic mass is 9.77. The zero-order valence-corrected chi connectivity index (χ0v) is 9.57. The summed E-state index contributed by atoms with van der Waals surface area (Å²) in [5.41, 5.74) is -1.82. The molecule has 5 nitrogen and oxygen atoms in total. The van der Waals surface area contributed by atoms with E-state index in [9.17, 15) is 14.7 Å². The maximum absolute atomic E-state index is 11.4. The Bertz CT molecular complexity index is 320. The molecule has 0 saturated carbocycles. The molecule has 0 radical (unpaired) electrons. The van der Waals surface area contributed by atoms with Crippen LogP contribution in [0.2, 0.25) is 0 Å². The van der Waals surface area contributed by atoms with Gasteiger partial charge in [-0.1, -0.05) is 0 Å². The van der Waals surface area contributed by atoms with Crippen LogP contribution >= 0.6 is 0 Å². The molecule has 1 aliphatic rings. The van der Waals surface area contributed by atoms with Gasteiger partial charge in [-0.15, -0.1) is 0 Å². The summed E-state index contributed by atoms with van der Waals surface area (Å²) in [6, 6.07) is 0. The molecule has 1 aliphatic heterocycles. The van der Waals surface area contributed by atoms with Crippen LogP contribution in [0.15, 0.2) is 0 Å². The van der Waals surface area contributed by atoms with Gasteiger partial charge in [-0.25, -0.2) is 9.28 Å². The normalized spacial score (nSPS) is 35.7. The van der Waals surface area contributed by atoms with Crippen LogP contribution in [-0.4, -0.2) is 44.4 Å². The zero-order chi connectivity index (χ0) is 12.1. The van der Waals surface area contributed by atoms with Crippen LogP contribution in [0.5, 0.6) is 0 Å². The van der Waals surface area contributed by atoms with E-state index in [1.165, 1.54) is 6.92 Å². The Morgan fingerprint density at radius 2 is 1.73 bits per heavy atom. The first kappa shape index (κ1) is 12.0. The van der Waals surface area contributed by atoms with Crippen molar-refractivity contribution in [3.8, 4) is 0 Å². The molecule has 1 amide bonds. The van der Waals surface area contributed by atoms with Gasteiger partial charge in [0.2, 0.25) is 5.54 Å². The standard InChI is InChI=1S/C10H17NO4/c1-9(2,3)11(8(14)15)6-5-10(11,4)7(12)13/h5-6H2,1-4H3,(H-,12,13,14,15)/p+1/t10-,11?/m1/s1. The molecule has 0 spiro atoms. The molecule has 0 bridgehead atoms. The molecule has 0 aromatic rings. The molecule has 1 rings (SSSR count). The molecule has 5 heteroatoms. The van der Waals surface area contributed by atoms with Crippen molar-refractivity contribution in [1.82, 2.24) is 0 Å². The zero-order valence-electron chi connectivity index (χ0n) is 9.57. The second-order valence-corrected chi connectivity index (χ2v) is 5.32. The molecule has 15 heavy (non-hydrogen) atoms. The summed E-state index contributed by atoms with van der Waals surface area (Å²) < 4.78 is -0.394. The second-order valence-electron chi connectivity index (χ2n) is 5.32. The maximum atomic E-state index is 11.4. The summed E-state index contributed by atoms with van der Waals surface area (Å²) in [4.78, 5) is 22.6. The molecule has 1 fully saturated rings. The Hall–Kier alpha value is -1.10. The molecule has 0 aromatic heterocycles. The average molecular weight is 216 g/mol. The van der Waals surface area contributed by atoms with E-state index in [0.29, 0.717) is 13.0 Å². The minimum atomic E-state index is -1.20. The van der Waals surface area contributed by atoms with E-state index in [1.807, 2.05) is 0 Å². The SMILES string of the molecule is CC(C)(C)[N+]1(C(=O)O)CC[C@]1(C)C(=O)O. The smallest absolute Gasteiger partial charge is 0.477 e. The molecular weight excluding hydrogens is 198 g/mol. The lowest BCUT2D eigenvalue weighted by Crippen LogP contribution is -2.83. The van der Waals surface area contributed by atoms with Gasteiger partial charge in [-0.2, -0.15) is 4.79 Å². The topological polar surface area (TPSA) is 74.6 Å². The summed E-state index contributed by atoms with van der Waals surface area (Å²) in [7, 11) is 0. The molecule has 2 atom stereocenters. The minimum Gasteiger partial charge on any atom is -0.477 e. The highest BCUT2D eigenvalue weighted by atomic mass is 16.4. The van der Waals surface area contributed by atoms with E-state index < -0.39 is 27.6 Å². The van der Waals surface area contributed by atoms with Crippen molar-refractivity contribution in [3.63, 3.8) is 0 Å². The van der Waals surface area contributed by atoms with Crippen LogP contribution in [0, 0.1) is 0 Å². The van der Waals surface area contributed by atoms with Gasteiger partial charge < -0.3 is 10.2 Å². The Morgan fingerprint density at radius 1 is 1.27 bits per heavy atom. The predicted octanol–water partition coefficient (Wildman–Crippen LogP) is 1.53. The van der Waals surface area contributed by atoms with Crippen LogP contribution in [0.3, 0.4) is 0 Å². The number of carboxylic acids is 1. The van der Waals surface area contributed by atoms with Gasteiger partial charge in [0.25, 0.3) is 0 Å². The first-order valence-corrected chi connectivity index (χ1v) is 4.95. The minimum absolute atomic E-state index is 0.377. The van der Waals surface area contributed by atoms with E-state index >= 15 is 0 Å².